The number of rotatable bonds is 5. The van der Waals surface area contributed by atoms with E-state index in [1.54, 1.807) is 22.1 Å². The van der Waals surface area contributed by atoms with Gasteiger partial charge in [0.15, 0.2) is 0 Å². The van der Waals surface area contributed by atoms with E-state index >= 15 is 0 Å². The van der Waals surface area contributed by atoms with Gasteiger partial charge in [0.25, 0.3) is 11.5 Å². The second-order valence-electron chi connectivity index (χ2n) is 9.43. The summed E-state index contributed by atoms with van der Waals surface area (Å²) >= 11 is 1.17. The summed E-state index contributed by atoms with van der Waals surface area (Å²) in [7, 11) is 1.31. The molecule has 0 spiro atoms. The number of hydrogen-bond donors (Lipinski definition) is 1. The molecule has 3 aromatic rings. The Morgan fingerprint density at radius 1 is 1.24 bits per heavy atom. The number of hydrogen-bond acceptors (Lipinski definition) is 9. The van der Waals surface area contributed by atoms with Crippen molar-refractivity contribution in [3.05, 3.63) is 56.7 Å². The number of benzene rings is 1. The van der Waals surface area contributed by atoms with Crippen LogP contribution in [0.2, 0.25) is 0 Å². The largest absolute Gasteiger partial charge is 0.467 e. The van der Waals surface area contributed by atoms with Gasteiger partial charge < -0.3 is 20.3 Å². The first-order valence-electron chi connectivity index (χ1n) is 12.3. The van der Waals surface area contributed by atoms with Gasteiger partial charge in [0.05, 0.1) is 30.9 Å². The van der Waals surface area contributed by atoms with Crippen molar-refractivity contribution in [2.75, 3.05) is 31.6 Å². The number of ether oxygens (including phenoxy) is 1. The Bertz CT molecular complexity index is 1460. The number of aromatic nitrogens is 2. The molecule has 2 saturated heterocycles. The molecule has 2 fully saturated rings. The molecule has 1 aromatic carbocycles. The van der Waals surface area contributed by atoms with E-state index < -0.39 is 12.0 Å². The lowest BCUT2D eigenvalue weighted by Gasteiger charge is -2.33. The van der Waals surface area contributed by atoms with Crippen LogP contribution in [0.25, 0.3) is 10.2 Å². The molecule has 2 N–H and O–H groups in total. The van der Waals surface area contributed by atoms with E-state index in [-0.39, 0.29) is 24.1 Å². The molecule has 0 bridgehead atoms. The van der Waals surface area contributed by atoms with Crippen LogP contribution in [0.5, 0.6) is 0 Å². The van der Waals surface area contributed by atoms with Gasteiger partial charge in [0, 0.05) is 31.1 Å². The molecule has 2 aromatic heterocycles. The molecular formula is C26H28N6O4S. The number of nitrogens with two attached hydrogens (primary N) is 1. The van der Waals surface area contributed by atoms with Crippen LogP contribution >= 0.6 is 11.3 Å². The summed E-state index contributed by atoms with van der Waals surface area (Å²) in [6.07, 6.45) is 2.97. The van der Waals surface area contributed by atoms with E-state index in [0.717, 1.165) is 12.8 Å². The lowest BCUT2D eigenvalue weighted by molar-refractivity contribution is -0.145. The zero-order chi connectivity index (χ0) is 26.1. The summed E-state index contributed by atoms with van der Waals surface area (Å²) < 4.78 is 6.83. The first-order chi connectivity index (χ1) is 17.9. The standard InChI is InChI=1S/C26H28N6O4S/c1-36-25(35)20-9-5-11-31(20)23(33)19-15-37-22-21(19)29-26(30-10-4-8-18(28)14-30)32(24(22)34)13-17-7-3-2-6-16(17)12-27/h2-3,6-7,15,18,20H,4-5,8-11,13-14,28H2,1H3/t18-,20+/m1/s1. The zero-order valence-corrected chi connectivity index (χ0v) is 21.4. The quantitative estimate of drug-likeness (QED) is 0.506. The Hall–Kier alpha value is -3.75. The lowest BCUT2D eigenvalue weighted by Crippen LogP contribution is -2.45. The van der Waals surface area contributed by atoms with Crippen molar-refractivity contribution in [2.45, 2.75) is 44.3 Å². The molecule has 1 amide bonds. The van der Waals surface area contributed by atoms with E-state index in [9.17, 15) is 19.6 Å². The number of methoxy groups -OCH3 is 1. The number of carbonyl (C=O) groups excluding carboxylic acids is 2. The Morgan fingerprint density at radius 3 is 2.78 bits per heavy atom. The number of amides is 1. The minimum Gasteiger partial charge on any atom is -0.467 e. The van der Waals surface area contributed by atoms with E-state index in [4.69, 9.17) is 15.5 Å². The summed E-state index contributed by atoms with van der Waals surface area (Å²) in [4.78, 5) is 48.1. The van der Waals surface area contributed by atoms with Crippen LogP contribution in [0.1, 0.15) is 47.2 Å². The van der Waals surface area contributed by atoms with Crippen molar-refractivity contribution in [1.82, 2.24) is 14.5 Å². The fourth-order valence-electron chi connectivity index (χ4n) is 5.20. The molecule has 0 radical (unpaired) electrons. The third kappa shape index (κ3) is 4.58. The van der Waals surface area contributed by atoms with Gasteiger partial charge in [0.1, 0.15) is 16.3 Å². The van der Waals surface area contributed by atoms with Crippen LogP contribution in [0.4, 0.5) is 5.95 Å². The molecule has 2 aliphatic rings. The highest BCUT2D eigenvalue weighted by Gasteiger charge is 2.37. The topological polar surface area (TPSA) is 135 Å². The molecule has 0 aliphatic carbocycles. The molecule has 0 saturated carbocycles. The smallest absolute Gasteiger partial charge is 0.328 e. The van der Waals surface area contributed by atoms with Crippen LogP contribution in [-0.2, 0) is 16.1 Å². The molecule has 2 aliphatic heterocycles. The average molecular weight is 521 g/mol. The third-order valence-electron chi connectivity index (χ3n) is 7.08. The monoisotopic (exact) mass is 520 g/mol. The van der Waals surface area contributed by atoms with E-state index in [1.807, 2.05) is 17.0 Å². The molecule has 10 nitrogen and oxygen atoms in total. The Morgan fingerprint density at radius 2 is 2.03 bits per heavy atom. The predicted molar refractivity (Wildman–Crippen MR) is 140 cm³/mol. The molecule has 4 heterocycles. The van der Waals surface area contributed by atoms with E-state index in [1.165, 1.54) is 23.3 Å². The van der Waals surface area contributed by atoms with Crippen LogP contribution in [-0.4, -0.2) is 65.2 Å². The fraction of sp³-hybridized carbons (Fsp3) is 0.423. The Kier molecular flexibility index (Phi) is 6.95. The maximum absolute atomic E-state index is 13.8. The van der Waals surface area contributed by atoms with Gasteiger partial charge in [-0.3, -0.25) is 14.2 Å². The van der Waals surface area contributed by atoms with Crippen LogP contribution in [0.3, 0.4) is 0 Å². The van der Waals surface area contributed by atoms with Gasteiger partial charge in [-0.1, -0.05) is 18.2 Å². The van der Waals surface area contributed by atoms with E-state index in [0.29, 0.717) is 65.3 Å². The normalized spacial score (nSPS) is 19.7. The molecule has 11 heteroatoms. The van der Waals surface area contributed by atoms with Gasteiger partial charge in [-0.25, -0.2) is 9.78 Å². The highest BCUT2D eigenvalue weighted by molar-refractivity contribution is 7.17. The first kappa shape index (κ1) is 24.9. The van der Waals surface area contributed by atoms with Gasteiger partial charge >= 0.3 is 5.97 Å². The Balaban J connectivity index is 1.63. The molecule has 2 atom stereocenters. The maximum atomic E-state index is 13.8. The number of thiophene rings is 1. The van der Waals surface area contributed by atoms with Crippen molar-refractivity contribution >= 4 is 39.4 Å². The zero-order valence-electron chi connectivity index (χ0n) is 20.6. The van der Waals surface area contributed by atoms with Crippen molar-refractivity contribution in [1.29, 1.82) is 5.26 Å². The van der Waals surface area contributed by atoms with Gasteiger partial charge in [-0.15, -0.1) is 11.3 Å². The van der Waals surface area contributed by atoms with Crippen LogP contribution in [0.15, 0.2) is 34.4 Å². The Labute approximate surface area is 217 Å². The minimum absolute atomic E-state index is 0.0600. The second-order valence-corrected chi connectivity index (χ2v) is 10.3. The van der Waals surface area contributed by atoms with Gasteiger partial charge in [0.2, 0.25) is 5.95 Å². The summed E-state index contributed by atoms with van der Waals surface area (Å²) in [6.45, 7) is 1.81. The molecule has 192 valence electrons. The second kappa shape index (κ2) is 10.3. The number of nitriles is 1. The molecule has 5 rings (SSSR count). The number of nitrogens with zero attached hydrogens (tertiary/aromatic N) is 5. The number of piperidine rings is 1. The third-order valence-corrected chi connectivity index (χ3v) is 8.04. The fourth-order valence-corrected chi connectivity index (χ4v) is 6.13. The molecule has 0 unspecified atom stereocenters. The number of anilines is 1. The molecular weight excluding hydrogens is 492 g/mol. The van der Waals surface area contributed by atoms with Crippen LogP contribution < -0.4 is 16.2 Å². The highest BCUT2D eigenvalue weighted by Crippen LogP contribution is 2.29. The summed E-state index contributed by atoms with van der Waals surface area (Å²) in [5.74, 6) is -0.349. The molecule has 37 heavy (non-hydrogen) atoms. The number of likely N-dealkylation sites (tertiary alicyclic amines) is 1. The van der Waals surface area contributed by atoms with Crippen molar-refractivity contribution in [3.8, 4) is 6.07 Å². The number of esters is 1. The summed E-state index contributed by atoms with van der Waals surface area (Å²) in [5, 5.41) is 11.2. The summed E-state index contributed by atoms with van der Waals surface area (Å²) in [6, 6.07) is 8.65. The van der Waals surface area contributed by atoms with Crippen molar-refractivity contribution in [2.24, 2.45) is 5.73 Å². The van der Waals surface area contributed by atoms with E-state index in [2.05, 4.69) is 6.07 Å². The SMILES string of the molecule is COC(=O)[C@@H]1CCCN1C(=O)c1csc2c(=O)n(Cc3ccccc3C#N)c(N3CCC[C@@H](N)C3)nc12. The summed E-state index contributed by atoms with van der Waals surface area (Å²) in [5.41, 5.74) is 7.81. The van der Waals surface area contributed by atoms with Gasteiger partial charge in [-0.05, 0) is 37.3 Å². The minimum atomic E-state index is -0.644. The first-order valence-corrected chi connectivity index (χ1v) is 13.2. The highest BCUT2D eigenvalue weighted by atomic mass is 32.1. The van der Waals surface area contributed by atoms with Crippen molar-refractivity contribution < 1.29 is 14.3 Å². The predicted octanol–water partition coefficient (Wildman–Crippen LogP) is 2.08. The lowest BCUT2D eigenvalue weighted by atomic mass is 10.1. The number of carbonyl (C=O) groups is 2. The average Bonchev–Trinajstić information content (AvgIpc) is 3.57. The van der Waals surface area contributed by atoms with Crippen molar-refractivity contribution in [3.63, 3.8) is 0 Å². The van der Waals surface area contributed by atoms with Gasteiger partial charge in [-0.2, -0.15) is 5.26 Å². The maximum Gasteiger partial charge on any atom is 0.328 e. The number of fused-ring (bicyclic) bond motifs is 1. The van der Waals surface area contributed by atoms with Crippen LogP contribution in [0, 0.1) is 11.3 Å².